The number of nitrogens with one attached hydrogen (secondary N) is 1. The molecule has 1 N–H and O–H groups in total. The van der Waals surface area contributed by atoms with Gasteiger partial charge in [0.05, 0.1) is 17.8 Å². The first-order valence-electron chi connectivity index (χ1n) is 7.43. The van der Waals surface area contributed by atoms with Gasteiger partial charge in [-0.05, 0) is 43.2 Å². The van der Waals surface area contributed by atoms with Crippen molar-refractivity contribution in [2.75, 3.05) is 10.2 Å². The molecule has 118 valence electrons. The third-order valence-corrected chi connectivity index (χ3v) is 4.17. The summed E-state index contributed by atoms with van der Waals surface area (Å²) in [6.45, 7) is 3.81. The Balaban J connectivity index is 1.89. The number of para-hydroxylation sites is 1. The van der Waals surface area contributed by atoms with Crippen molar-refractivity contribution >= 4 is 23.2 Å². The molecule has 1 heterocycles. The third kappa shape index (κ3) is 2.70. The zero-order valence-corrected chi connectivity index (χ0v) is 13.0. The number of nitrogens with zero attached hydrogens (tertiary/aromatic N) is 1. The SMILES string of the molecule is Cc1cccc(N2C(=O)CC(Nc3ccccc3F)C2=O)c1C. The van der Waals surface area contributed by atoms with Crippen LogP contribution in [0.5, 0.6) is 0 Å². The Hall–Kier alpha value is -2.69. The molecule has 0 spiro atoms. The number of rotatable bonds is 3. The van der Waals surface area contributed by atoms with E-state index in [1.165, 1.54) is 11.0 Å². The highest BCUT2D eigenvalue weighted by Gasteiger charge is 2.40. The van der Waals surface area contributed by atoms with E-state index in [2.05, 4.69) is 5.32 Å². The first kappa shape index (κ1) is 15.2. The summed E-state index contributed by atoms with van der Waals surface area (Å²) >= 11 is 0. The minimum Gasteiger partial charge on any atom is -0.371 e. The van der Waals surface area contributed by atoms with E-state index in [0.29, 0.717) is 5.69 Å². The molecule has 2 aromatic carbocycles. The van der Waals surface area contributed by atoms with Gasteiger partial charge in [0.25, 0.3) is 5.91 Å². The van der Waals surface area contributed by atoms with E-state index in [1.54, 1.807) is 24.3 Å². The number of hydrogen-bond acceptors (Lipinski definition) is 3. The molecule has 3 rings (SSSR count). The van der Waals surface area contributed by atoms with Crippen LogP contribution in [0.1, 0.15) is 17.5 Å². The maximum absolute atomic E-state index is 13.7. The molecule has 1 saturated heterocycles. The van der Waals surface area contributed by atoms with Gasteiger partial charge in [-0.2, -0.15) is 0 Å². The van der Waals surface area contributed by atoms with E-state index in [-0.39, 0.29) is 23.9 Å². The Bertz CT molecular complexity index is 788. The van der Waals surface area contributed by atoms with Crippen molar-refractivity contribution in [1.82, 2.24) is 0 Å². The molecule has 0 aliphatic carbocycles. The Kier molecular flexibility index (Phi) is 3.86. The van der Waals surface area contributed by atoms with Crippen LogP contribution in [-0.2, 0) is 9.59 Å². The molecule has 2 amide bonds. The smallest absolute Gasteiger partial charge is 0.256 e. The van der Waals surface area contributed by atoms with E-state index in [4.69, 9.17) is 0 Å². The van der Waals surface area contributed by atoms with Crippen LogP contribution in [0.3, 0.4) is 0 Å². The monoisotopic (exact) mass is 312 g/mol. The quantitative estimate of drug-likeness (QED) is 0.886. The van der Waals surface area contributed by atoms with Gasteiger partial charge in [-0.1, -0.05) is 24.3 Å². The molecule has 1 aliphatic rings. The average molecular weight is 312 g/mol. The Labute approximate surface area is 133 Å². The minimum atomic E-state index is -0.751. The molecule has 4 nitrogen and oxygen atoms in total. The van der Waals surface area contributed by atoms with Gasteiger partial charge in [0.2, 0.25) is 5.91 Å². The zero-order chi connectivity index (χ0) is 16.6. The van der Waals surface area contributed by atoms with Gasteiger partial charge in [0.15, 0.2) is 0 Å². The Morgan fingerprint density at radius 3 is 2.57 bits per heavy atom. The van der Waals surface area contributed by atoms with Crippen LogP contribution < -0.4 is 10.2 Å². The molecule has 1 unspecified atom stereocenters. The number of hydrogen-bond donors (Lipinski definition) is 1. The van der Waals surface area contributed by atoms with Gasteiger partial charge in [-0.3, -0.25) is 9.59 Å². The largest absolute Gasteiger partial charge is 0.371 e. The summed E-state index contributed by atoms with van der Waals surface area (Å²) in [5.41, 5.74) is 2.72. The normalized spacial score (nSPS) is 17.7. The van der Waals surface area contributed by atoms with Crippen molar-refractivity contribution in [3.8, 4) is 0 Å². The lowest BCUT2D eigenvalue weighted by Crippen LogP contribution is -2.35. The van der Waals surface area contributed by atoms with Crippen molar-refractivity contribution < 1.29 is 14.0 Å². The van der Waals surface area contributed by atoms with Crippen molar-refractivity contribution in [3.05, 3.63) is 59.4 Å². The molecule has 2 aromatic rings. The molecule has 1 atom stereocenters. The van der Waals surface area contributed by atoms with Crippen molar-refractivity contribution in [2.45, 2.75) is 26.3 Å². The molecule has 0 radical (unpaired) electrons. The minimum absolute atomic E-state index is 0.0144. The second-order valence-electron chi connectivity index (χ2n) is 5.67. The van der Waals surface area contributed by atoms with E-state index < -0.39 is 11.9 Å². The number of aryl methyl sites for hydroxylation is 1. The van der Waals surface area contributed by atoms with Crippen molar-refractivity contribution in [3.63, 3.8) is 0 Å². The number of benzene rings is 2. The van der Waals surface area contributed by atoms with Crippen LogP contribution >= 0.6 is 0 Å². The summed E-state index contributed by atoms with van der Waals surface area (Å²) in [6, 6.07) is 10.9. The van der Waals surface area contributed by atoms with Gasteiger partial charge in [-0.25, -0.2) is 9.29 Å². The molecule has 1 fully saturated rings. The van der Waals surface area contributed by atoms with E-state index in [0.717, 1.165) is 11.1 Å². The molecular formula is C18H17FN2O2. The second-order valence-corrected chi connectivity index (χ2v) is 5.67. The van der Waals surface area contributed by atoms with Gasteiger partial charge in [0.1, 0.15) is 11.9 Å². The molecule has 0 bridgehead atoms. The average Bonchev–Trinajstić information content (AvgIpc) is 2.79. The van der Waals surface area contributed by atoms with Crippen LogP contribution in [0.25, 0.3) is 0 Å². The molecule has 1 aliphatic heterocycles. The lowest BCUT2D eigenvalue weighted by molar-refractivity contribution is -0.121. The number of carbonyl (C=O) groups excluding carboxylic acids is 2. The first-order chi connectivity index (χ1) is 11.0. The van der Waals surface area contributed by atoms with E-state index in [9.17, 15) is 14.0 Å². The summed E-state index contributed by atoms with van der Waals surface area (Å²) in [6.07, 6.45) is 0.0144. The van der Waals surface area contributed by atoms with Crippen LogP contribution in [0, 0.1) is 19.7 Å². The third-order valence-electron chi connectivity index (χ3n) is 4.17. The predicted octanol–water partition coefficient (Wildman–Crippen LogP) is 3.19. The summed E-state index contributed by atoms with van der Waals surface area (Å²) in [7, 11) is 0. The Morgan fingerprint density at radius 2 is 1.83 bits per heavy atom. The highest BCUT2D eigenvalue weighted by atomic mass is 19.1. The molecular weight excluding hydrogens is 295 g/mol. The van der Waals surface area contributed by atoms with Crippen molar-refractivity contribution in [1.29, 1.82) is 0 Å². The van der Waals surface area contributed by atoms with Gasteiger partial charge in [0, 0.05) is 0 Å². The van der Waals surface area contributed by atoms with Crippen LogP contribution in [0.15, 0.2) is 42.5 Å². The van der Waals surface area contributed by atoms with Gasteiger partial charge in [-0.15, -0.1) is 0 Å². The fourth-order valence-electron chi connectivity index (χ4n) is 2.74. The van der Waals surface area contributed by atoms with Crippen LogP contribution in [-0.4, -0.2) is 17.9 Å². The first-order valence-corrected chi connectivity index (χ1v) is 7.43. The summed E-state index contributed by atoms with van der Waals surface area (Å²) in [5.74, 6) is -1.08. The maximum atomic E-state index is 13.7. The fraction of sp³-hybridized carbons (Fsp3) is 0.222. The van der Waals surface area contributed by atoms with Gasteiger partial charge < -0.3 is 5.32 Å². The van der Waals surface area contributed by atoms with Crippen LogP contribution in [0.2, 0.25) is 0 Å². The molecule has 5 heteroatoms. The summed E-state index contributed by atoms with van der Waals surface area (Å²) < 4.78 is 13.7. The maximum Gasteiger partial charge on any atom is 0.256 e. The molecule has 0 aromatic heterocycles. The number of anilines is 2. The number of amides is 2. The highest BCUT2D eigenvalue weighted by molar-refractivity contribution is 6.23. The number of halogens is 1. The second kappa shape index (κ2) is 5.83. The lowest BCUT2D eigenvalue weighted by Gasteiger charge is -2.19. The zero-order valence-electron chi connectivity index (χ0n) is 13.0. The molecule has 0 saturated carbocycles. The van der Waals surface area contributed by atoms with E-state index in [1.807, 2.05) is 26.0 Å². The van der Waals surface area contributed by atoms with Gasteiger partial charge >= 0.3 is 0 Å². The molecule has 23 heavy (non-hydrogen) atoms. The lowest BCUT2D eigenvalue weighted by atomic mass is 10.1. The predicted molar refractivity (Wildman–Crippen MR) is 86.8 cm³/mol. The van der Waals surface area contributed by atoms with E-state index >= 15 is 0 Å². The summed E-state index contributed by atoms with van der Waals surface area (Å²) in [4.78, 5) is 26.1. The van der Waals surface area contributed by atoms with Crippen LogP contribution in [0.4, 0.5) is 15.8 Å². The Morgan fingerprint density at radius 1 is 1.09 bits per heavy atom. The summed E-state index contributed by atoms with van der Waals surface area (Å²) in [5, 5.41) is 2.84. The highest BCUT2D eigenvalue weighted by Crippen LogP contribution is 2.29. The van der Waals surface area contributed by atoms with Crippen molar-refractivity contribution in [2.24, 2.45) is 0 Å². The fourth-order valence-corrected chi connectivity index (χ4v) is 2.74. The number of imide groups is 1. The topological polar surface area (TPSA) is 49.4 Å². The standard InChI is InChI=1S/C18H17FN2O2/c1-11-6-5-9-16(12(11)2)21-17(22)10-15(18(21)23)20-14-8-4-3-7-13(14)19/h3-9,15,20H,10H2,1-2H3. The number of carbonyl (C=O) groups is 2.